The Morgan fingerprint density at radius 1 is 1.00 bits per heavy atom. The summed E-state index contributed by atoms with van der Waals surface area (Å²) < 4.78 is 27.9. The van der Waals surface area contributed by atoms with E-state index in [1.54, 1.807) is 6.07 Å². The highest BCUT2D eigenvalue weighted by Crippen LogP contribution is 2.42. The second-order valence-electron chi connectivity index (χ2n) is 7.22. The number of nitrogens with zero attached hydrogens (tertiary/aromatic N) is 2. The van der Waals surface area contributed by atoms with Gasteiger partial charge >= 0.3 is 0 Å². The molecule has 0 radical (unpaired) electrons. The maximum absolute atomic E-state index is 13.2. The van der Waals surface area contributed by atoms with Crippen molar-refractivity contribution in [3.8, 4) is 11.1 Å². The van der Waals surface area contributed by atoms with E-state index in [0.29, 0.717) is 4.90 Å². The summed E-state index contributed by atoms with van der Waals surface area (Å²) in [4.78, 5) is 2.51. The SMILES string of the molecule is Cc1ccc2c(c1)-c1cc(C)cc3c(CCN(C)C)cn(c13)S2(=O)=O. The van der Waals surface area contributed by atoms with Crippen molar-refractivity contribution in [1.82, 2.24) is 8.87 Å². The number of benzene rings is 2. The molecular formula is C20H22N2O2S. The molecule has 0 N–H and O–H groups in total. The molecule has 0 saturated heterocycles. The Morgan fingerprint density at radius 2 is 1.72 bits per heavy atom. The lowest BCUT2D eigenvalue weighted by Crippen LogP contribution is -2.17. The predicted molar refractivity (Wildman–Crippen MR) is 102 cm³/mol. The van der Waals surface area contributed by atoms with E-state index in [-0.39, 0.29) is 0 Å². The highest BCUT2D eigenvalue weighted by Gasteiger charge is 2.31. The average molecular weight is 354 g/mol. The Hall–Kier alpha value is -2.11. The molecule has 0 spiro atoms. The Kier molecular flexibility index (Phi) is 3.56. The minimum Gasteiger partial charge on any atom is -0.309 e. The average Bonchev–Trinajstić information content (AvgIpc) is 2.90. The third-order valence-corrected chi connectivity index (χ3v) is 6.60. The smallest absolute Gasteiger partial charge is 0.268 e. The van der Waals surface area contributed by atoms with Gasteiger partial charge in [0.05, 0.1) is 10.4 Å². The summed E-state index contributed by atoms with van der Waals surface area (Å²) >= 11 is 0. The third-order valence-electron chi connectivity index (χ3n) is 4.88. The van der Waals surface area contributed by atoms with Crippen LogP contribution in [0.4, 0.5) is 0 Å². The van der Waals surface area contributed by atoms with Crippen LogP contribution >= 0.6 is 0 Å². The van der Waals surface area contributed by atoms with Crippen LogP contribution in [-0.2, 0) is 16.4 Å². The van der Waals surface area contributed by atoms with Crippen molar-refractivity contribution >= 4 is 20.9 Å². The molecule has 0 unspecified atom stereocenters. The first-order valence-corrected chi connectivity index (χ1v) is 9.89. The van der Waals surface area contributed by atoms with Crippen LogP contribution in [0.5, 0.6) is 0 Å². The van der Waals surface area contributed by atoms with Crippen molar-refractivity contribution < 1.29 is 8.42 Å². The second-order valence-corrected chi connectivity index (χ2v) is 9.00. The maximum Gasteiger partial charge on any atom is 0.268 e. The summed E-state index contributed by atoms with van der Waals surface area (Å²) in [6.07, 6.45) is 2.64. The highest BCUT2D eigenvalue weighted by molar-refractivity contribution is 7.90. The predicted octanol–water partition coefficient (Wildman–Crippen LogP) is 3.58. The van der Waals surface area contributed by atoms with Gasteiger partial charge in [-0.1, -0.05) is 11.6 Å². The largest absolute Gasteiger partial charge is 0.309 e. The van der Waals surface area contributed by atoms with E-state index in [1.165, 1.54) is 3.97 Å². The lowest BCUT2D eigenvalue weighted by Gasteiger charge is -2.20. The van der Waals surface area contributed by atoms with Crippen molar-refractivity contribution in [1.29, 1.82) is 0 Å². The van der Waals surface area contributed by atoms with Gasteiger partial charge in [0, 0.05) is 29.3 Å². The van der Waals surface area contributed by atoms with Crippen LogP contribution in [0.3, 0.4) is 0 Å². The minimum absolute atomic E-state index is 0.396. The molecule has 5 heteroatoms. The molecule has 0 aliphatic carbocycles. The van der Waals surface area contributed by atoms with Crippen molar-refractivity contribution in [3.05, 3.63) is 53.2 Å². The molecule has 0 saturated carbocycles. The molecule has 0 fully saturated rings. The van der Waals surface area contributed by atoms with Gasteiger partial charge in [-0.2, -0.15) is 0 Å². The molecule has 1 aromatic heterocycles. The van der Waals surface area contributed by atoms with Gasteiger partial charge in [-0.3, -0.25) is 0 Å². The van der Waals surface area contributed by atoms with Crippen molar-refractivity contribution in [2.45, 2.75) is 25.2 Å². The quantitative estimate of drug-likeness (QED) is 0.565. The number of likely N-dealkylation sites (N-methyl/N-ethyl adjacent to an activating group) is 1. The summed E-state index contributed by atoms with van der Waals surface area (Å²) in [7, 11) is 0.510. The van der Waals surface area contributed by atoms with Gasteiger partial charge in [-0.15, -0.1) is 0 Å². The number of rotatable bonds is 3. The molecule has 25 heavy (non-hydrogen) atoms. The molecule has 2 aromatic carbocycles. The molecule has 130 valence electrons. The summed E-state index contributed by atoms with van der Waals surface area (Å²) in [5.41, 5.74) is 5.95. The van der Waals surface area contributed by atoms with Gasteiger partial charge in [-0.25, -0.2) is 12.4 Å². The van der Waals surface area contributed by atoms with E-state index in [0.717, 1.165) is 51.7 Å². The highest BCUT2D eigenvalue weighted by atomic mass is 32.2. The molecule has 0 bridgehead atoms. The zero-order valence-corrected chi connectivity index (χ0v) is 15.8. The van der Waals surface area contributed by atoms with Crippen LogP contribution in [0.25, 0.3) is 22.0 Å². The fraction of sp³-hybridized carbons (Fsp3) is 0.300. The van der Waals surface area contributed by atoms with Crippen LogP contribution in [-0.4, -0.2) is 37.9 Å². The minimum atomic E-state index is -3.55. The first kappa shape index (κ1) is 16.4. The molecule has 2 heterocycles. The Morgan fingerprint density at radius 3 is 2.44 bits per heavy atom. The van der Waals surface area contributed by atoms with E-state index in [1.807, 2.05) is 39.3 Å². The van der Waals surface area contributed by atoms with E-state index in [9.17, 15) is 8.42 Å². The van der Waals surface area contributed by atoms with E-state index < -0.39 is 10.0 Å². The van der Waals surface area contributed by atoms with Crippen LogP contribution in [0, 0.1) is 13.8 Å². The van der Waals surface area contributed by atoms with Gasteiger partial charge in [0.15, 0.2) is 0 Å². The van der Waals surface area contributed by atoms with Gasteiger partial charge < -0.3 is 4.90 Å². The normalized spacial score (nSPS) is 14.9. The van der Waals surface area contributed by atoms with Crippen LogP contribution < -0.4 is 0 Å². The van der Waals surface area contributed by atoms with Gasteiger partial charge in [0.25, 0.3) is 10.0 Å². The number of hydrogen-bond donors (Lipinski definition) is 0. The number of fused-ring (bicyclic) bond motifs is 2. The molecular weight excluding hydrogens is 332 g/mol. The third kappa shape index (κ3) is 2.41. The van der Waals surface area contributed by atoms with Gasteiger partial charge in [0.1, 0.15) is 0 Å². The summed E-state index contributed by atoms with van der Waals surface area (Å²) in [5.74, 6) is 0. The molecule has 1 aliphatic rings. The van der Waals surface area contributed by atoms with Crippen molar-refractivity contribution in [2.24, 2.45) is 0 Å². The Bertz CT molecular complexity index is 1110. The van der Waals surface area contributed by atoms with Crippen molar-refractivity contribution in [2.75, 3.05) is 20.6 Å². The van der Waals surface area contributed by atoms with Crippen molar-refractivity contribution in [3.63, 3.8) is 0 Å². The number of hydrogen-bond acceptors (Lipinski definition) is 3. The summed E-state index contributed by atoms with van der Waals surface area (Å²) in [6, 6.07) is 9.79. The number of aromatic nitrogens is 1. The molecule has 3 aromatic rings. The standard InChI is InChI=1S/C20H22N2O2S/c1-13-5-6-19-17(9-13)18-11-14(2)10-16-15(7-8-21(3)4)12-22(20(16)18)25(19,23)24/h5-6,9-12H,7-8H2,1-4H3. The van der Waals surface area contributed by atoms with Crippen LogP contribution in [0.2, 0.25) is 0 Å². The molecule has 4 nitrogen and oxygen atoms in total. The van der Waals surface area contributed by atoms with Gasteiger partial charge in [0.2, 0.25) is 0 Å². The lowest BCUT2D eigenvalue weighted by atomic mass is 9.97. The van der Waals surface area contributed by atoms with E-state index >= 15 is 0 Å². The number of aryl methyl sites for hydroxylation is 2. The summed E-state index contributed by atoms with van der Waals surface area (Å²) in [5, 5.41) is 1.05. The van der Waals surface area contributed by atoms with E-state index in [2.05, 4.69) is 24.0 Å². The molecule has 0 atom stereocenters. The van der Waals surface area contributed by atoms with Crippen LogP contribution in [0.1, 0.15) is 16.7 Å². The Balaban J connectivity index is 2.09. The monoisotopic (exact) mass is 354 g/mol. The molecule has 1 aliphatic heterocycles. The van der Waals surface area contributed by atoms with Gasteiger partial charge in [-0.05, 0) is 69.8 Å². The topological polar surface area (TPSA) is 42.3 Å². The van der Waals surface area contributed by atoms with E-state index in [4.69, 9.17) is 0 Å². The fourth-order valence-corrected chi connectivity index (χ4v) is 5.26. The second kappa shape index (κ2) is 5.44. The first-order valence-electron chi connectivity index (χ1n) is 8.45. The fourth-order valence-electron chi connectivity index (χ4n) is 3.66. The molecule has 0 amide bonds. The maximum atomic E-state index is 13.2. The summed E-state index contributed by atoms with van der Waals surface area (Å²) in [6.45, 7) is 4.95. The lowest BCUT2D eigenvalue weighted by molar-refractivity contribution is 0.414. The zero-order valence-electron chi connectivity index (χ0n) is 15.0. The van der Waals surface area contributed by atoms with Crippen LogP contribution in [0.15, 0.2) is 41.4 Å². The first-order chi connectivity index (χ1) is 11.8. The Labute approximate surface area is 148 Å². The molecule has 4 rings (SSSR count). The zero-order chi connectivity index (χ0) is 17.9.